The van der Waals surface area contributed by atoms with E-state index < -0.39 is 40.8 Å². The van der Waals surface area contributed by atoms with Gasteiger partial charge in [-0.3, -0.25) is 14.9 Å². The van der Waals surface area contributed by atoms with E-state index in [0.29, 0.717) is 22.8 Å². The zero-order chi connectivity index (χ0) is 23.8. The molecule has 6 nitrogen and oxygen atoms in total. The Kier molecular flexibility index (Phi) is 6.52. The number of amides is 4. The zero-order valence-electron chi connectivity index (χ0n) is 16.6. The van der Waals surface area contributed by atoms with Crippen LogP contribution in [0.5, 0.6) is 5.75 Å². The van der Waals surface area contributed by atoms with E-state index in [4.69, 9.17) is 27.9 Å². The third-order valence-electron chi connectivity index (χ3n) is 4.25. The van der Waals surface area contributed by atoms with Gasteiger partial charge in [0.25, 0.3) is 11.8 Å². The summed E-state index contributed by atoms with van der Waals surface area (Å²) in [6.07, 6.45) is -3.85. The summed E-state index contributed by atoms with van der Waals surface area (Å²) in [5, 5.41) is 1.93. The average molecular weight is 487 g/mol. The van der Waals surface area contributed by atoms with E-state index in [0.717, 1.165) is 12.1 Å². The number of anilines is 1. The van der Waals surface area contributed by atoms with E-state index in [2.05, 4.69) is 0 Å². The second-order valence-electron chi connectivity index (χ2n) is 6.97. The molecule has 1 heterocycles. The van der Waals surface area contributed by atoms with E-state index in [1.165, 1.54) is 12.1 Å². The van der Waals surface area contributed by atoms with Gasteiger partial charge in [0.2, 0.25) is 0 Å². The predicted molar refractivity (Wildman–Crippen MR) is 113 cm³/mol. The maximum absolute atomic E-state index is 13.1. The smallest absolute Gasteiger partial charge is 0.416 e. The van der Waals surface area contributed by atoms with Crippen molar-refractivity contribution in [2.45, 2.75) is 26.1 Å². The molecule has 1 aliphatic rings. The van der Waals surface area contributed by atoms with Crippen molar-refractivity contribution >= 4 is 52.8 Å². The minimum Gasteiger partial charge on any atom is -0.490 e. The highest BCUT2D eigenvalue weighted by molar-refractivity contribution is 6.42. The number of nitrogens with zero attached hydrogens (tertiary/aromatic N) is 1. The lowest BCUT2D eigenvalue weighted by atomic mass is 10.1. The molecule has 0 atom stereocenters. The van der Waals surface area contributed by atoms with Crippen molar-refractivity contribution in [2.75, 3.05) is 4.90 Å². The Morgan fingerprint density at radius 1 is 1.06 bits per heavy atom. The molecule has 1 fully saturated rings. The SMILES string of the molecule is CC(C)Oc1ccc(Cl)cc1/C=C1/C(=O)NC(=O)N(c2cc(C(F)(F)F)ccc2Cl)C1=O. The van der Waals surface area contributed by atoms with Crippen molar-refractivity contribution in [1.29, 1.82) is 0 Å². The average Bonchev–Trinajstić information content (AvgIpc) is 2.67. The Morgan fingerprint density at radius 3 is 2.38 bits per heavy atom. The van der Waals surface area contributed by atoms with Crippen LogP contribution in [0.3, 0.4) is 0 Å². The molecule has 11 heteroatoms. The molecule has 32 heavy (non-hydrogen) atoms. The van der Waals surface area contributed by atoms with E-state index in [1.54, 1.807) is 19.9 Å². The molecule has 0 aliphatic carbocycles. The van der Waals surface area contributed by atoms with Gasteiger partial charge in [0, 0.05) is 10.6 Å². The number of ether oxygens (including phenoxy) is 1. The van der Waals surface area contributed by atoms with E-state index in [9.17, 15) is 27.6 Å². The normalized spacial score (nSPS) is 16.1. The topological polar surface area (TPSA) is 75.7 Å². The first-order chi connectivity index (χ1) is 14.9. The highest BCUT2D eigenvalue weighted by atomic mass is 35.5. The standard InChI is InChI=1S/C21H15Cl2F3N2O4/c1-10(2)32-17-6-4-13(22)7-11(17)8-14-18(29)27-20(31)28(19(14)30)16-9-12(21(24,25)26)3-5-15(16)23/h3-10H,1-2H3,(H,27,29,31)/b14-8-. The van der Waals surface area contributed by atoms with Gasteiger partial charge >= 0.3 is 12.2 Å². The van der Waals surface area contributed by atoms with Gasteiger partial charge in [-0.1, -0.05) is 23.2 Å². The number of carbonyl (C=O) groups is 3. The molecule has 168 valence electrons. The maximum Gasteiger partial charge on any atom is 0.416 e. The van der Waals surface area contributed by atoms with Crippen LogP contribution in [0.2, 0.25) is 10.0 Å². The summed E-state index contributed by atoms with van der Waals surface area (Å²) >= 11 is 12.0. The van der Waals surface area contributed by atoms with Crippen LogP contribution in [0.4, 0.5) is 23.7 Å². The lowest BCUT2D eigenvalue weighted by Gasteiger charge is -2.27. The number of alkyl halides is 3. The highest BCUT2D eigenvalue weighted by Crippen LogP contribution is 2.37. The van der Waals surface area contributed by atoms with Crippen molar-refractivity contribution in [3.05, 3.63) is 63.1 Å². The summed E-state index contributed by atoms with van der Waals surface area (Å²) in [6, 6.07) is 5.45. The number of benzene rings is 2. The van der Waals surface area contributed by atoms with Gasteiger partial charge in [-0.25, -0.2) is 9.69 Å². The molecule has 2 aromatic rings. The molecule has 4 amide bonds. The van der Waals surface area contributed by atoms with Crippen LogP contribution in [0.15, 0.2) is 42.0 Å². The maximum atomic E-state index is 13.1. The van der Waals surface area contributed by atoms with Crippen molar-refractivity contribution in [3.63, 3.8) is 0 Å². The molecule has 0 aromatic heterocycles. The lowest BCUT2D eigenvalue weighted by Crippen LogP contribution is -2.54. The van der Waals surface area contributed by atoms with Crippen molar-refractivity contribution in [3.8, 4) is 5.75 Å². The number of nitrogens with one attached hydrogen (secondary N) is 1. The number of halogens is 5. The molecule has 0 bridgehead atoms. The van der Waals surface area contributed by atoms with Crippen LogP contribution in [0.25, 0.3) is 6.08 Å². The van der Waals surface area contributed by atoms with E-state index in [-0.39, 0.29) is 21.7 Å². The van der Waals surface area contributed by atoms with Crippen LogP contribution in [-0.4, -0.2) is 23.9 Å². The number of barbiturate groups is 1. The molecule has 0 unspecified atom stereocenters. The van der Waals surface area contributed by atoms with Gasteiger partial charge in [0.15, 0.2) is 0 Å². The van der Waals surface area contributed by atoms with Gasteiger partial charge in [-0.2, -0.15) is 13.2 Å². The molecule has 1 aliphatic heterocycles. The molecule has 0 radical (unpaired) electrons. The highest BCUT2D eigenvalue weighted by Gasteiger charge is 2.39. The molecular weight excluding hydrogens is 472 g/mol. The molecule has 2 aromatic carbocycles. The second-order valence-corrected chi connectivity index (χ2v) is 7.81. The van der Waals surface area contributed by atoms with Crippen molar-refractivity contribution in [1.82, 2.24) is 5.32 Å². The molecular formula is C21H15Cl2F3N2O4. The van der Waals surface area contributed by atoms with Crippen LogP contribution < -0.4 is 15.0 Å². The molecule has 1 N–H and O–H groups in total. The van der Waals surface area contributed by atoms with Crippen LogP contribution in [0.1, 0.15) is 25.0 Å². The summed E-state index contributed by atoms with van der Waals surface area (Å²) in [7, 11) is 0. The number of hydrogen-bond donors (Lipinski definition) is 1. The van der Waals surface area contributed by atoms with Gasteiger partial charge in [0.05, 0.1) is 22.4 Å². The van der Waals surface area contributed by atoms with E-state index in [1.807, 2.05) is 5.32 Å². The summed E-state index contributed by atoms with van der Waals surface area (Å²) in [6.45, 7) is 3.53. The first-order valence-corrected chi connectivity index (χ1v) is 9.88. The van der Waals surface area contributed by atoms with Crippen LogP contribution >= 0.6 is 23.2 Å². The first-order valence-electron chi connectivity index (χ1n) is 9.13. The Morgan fingerprint density at radius 2 is 1.75 bits per heavy atom. The fourth-order valence-corrected chi connectivity index (χ4v) is 3.27. The molecule has 0 spiro atoms. The number of rotatable bonds is 4. The number of urea groups is 1. The third-order valence-corrected chi connectivity index (χ3v) is 4.81. The first kappa shape index (κ1) is 23.6. The zero-order valence-corrected chi connectivity index (χ0v) is 18.1. The second kappa shape index (κ2) is 8.84. The largest absolute Gasteiger partial charge is 0.490 e. The third kappa shape index (κ3) is 4.89. The van der Waals surface area contributed by atoms with Gasteiger partial charge in [0.1, 0.15) is 11.3 Å². The number of imide groups is 2. The van der Waals surface area contributed by atoms with Crippen molar-refractivity contribution < 1.29 is 32.3 Å². The van der Waals surface area contributed by atoms with Gasteiger partial charge in [-0.05, 0) is 56.3 Å². The summed E-state index contributed by atoms with van der Waals surface area (Å²) in [5.74, 6) is -1.89. The Labute approximate surface area is 190 Å². The monoisotopic (exact) mass is 486 g/mol. The quantitative estimate of drug-likeness (QED) is 0.459. The minimum absolute atomic E-state index is 0.244. The molecule has 0 saturated carbocycles. The number of carbonyl (C=O) groups excluding carboxylic acids is 3. The Hall–Kier alpha value is -3.04. The van der Waals surface area contributed by atoms with Crippen LogP contribution in [0, 0.1) is 0 Å². The lowest BCUT2D eigenvalue weighted by molar-refractivity contribution is -0.137. The van der Waals surface area contributed by atoms with Crippen LogP contribution in [-0.2, 0) is 15.8 Å². The predicted octanol–water partition coefficient (Wildman–Crippen LogP) is 5.47. The minimum atomic E-state index is -4.74. The van der Waals surface area contributed by atoms with E-state index >= 15 is 0 Å². The van der Waals surface area contributed by atoms with Crippen molar-refractivity contribution in [2.24, 2.45) is 0 Å². The molecule has 1 saturated heterocycles. The van der Waals surface area contributed by atoms with Gasteiger partial charge < -0.3 is 4.74 Å². The Balaban J connectivity index is 2.11. The summed E-state index contributed by atoms with van der Waals surface area (Å²) < 4.78 is 45.0. The fourth-order valence-electron chi connectivity index (χ4n) is 2.89. The Bertz CT molecular complexity index is 1150. The van der Waals surface area contributed by atoms with Gasteiger partial charge in [-0.15, -0.1) is 0 Å². The summed E-state index contributed by atoms with van der Waals surface area (Å²) in [5.41, 5.74) is -1.90. The summed E-state index contributed by atoms with van der Waals surface area (Å²) in [4.78, 5) is 38.2. The number of hydrogen-bond acceptors (Lipinski definition) is 4. The fraction of sp³-hybridized carbons (Fsp3) is 0.190. The molecule has 3 rings (SSSR count).